The number of allylic oxidation sites excluding steroid dienone is 4. The summed E-state index contributed by atoms with van der Waals surface area (Å²) < 4.78 is 41.9. The Morgan fingerprint density at radius 2 is 1.80 bits per heavy atom. The molecule has 2 aromatic heterocycles. The zero-order valence-electron chi connectivity index (χ0n) is 16.5. The van der Waals surface area contributed by atoms with Crippen LogP contribution < -0.4 is 0 Å². The van der Waals surface area contributed by atoms with Gasteiger partial charge in [-0.25, -0.2) is 9.50 Å². The fourth-order valence-corrected chi connectivity index (χ4v) is 5.37. The third kappa shape index (κ3) is 3.20. The maximum atomic E-state index is 13.4. The summed E-state index contributed by atoms with van der Waals surface area (Å²) in [6.07, 6.45) is 5.02. The second-order valence-corrected chi connectivity index (χ2v) is 8.61. The molecule has 6 nitrogen and oxygen atoms in total. The van der Waals surface area contributed by atoms with Crippen molar-refractivity contribution < 1.29 is 18.0 Å². The molecule has 0 aromatic carbocycles. The van der Waals surface area contributed by atoms with E-state index in [0.29, 0.717) is 31.7 Å². The van der Waals surface area contributed by atoms with Crippen molar-refractivity contribution in [2.24, 2.45) is 29.6 Å². The van der Waals surface area contributed by atoms with Crippen LogP contribution in [-0.4, -0.2) is 49.7 Å². The molecule has 0 radical (unpaired) electrons. The first kappa shape index (κ1) is 19.3. The molecule has 3 aliphatic rings. The van der Waals surface area contributed by atoms with Crippen LogP contribution in [0.15, 0.2) is 36.6 Å². The molecule has 30 heavy (non-hydrogen) atoms. The van der Waals surface area contributed by atoms with Crippen LogP contribution >= 0.6 is 0 Å². The Balaban J connectivity index is 1.27. The first-order valence-corrected chi connectivity index (χ1v) is 10.2. The van der Waals surface area contributed by atoms with Gasteiger partial charge in [0.15, 0.2) is 0 Å². The second kappa shape index (κ2) is 6.92. The number of carbonyl (C=O) groups excluding carboxylic acids is 1. The van der Waals surface area contributed by atoms with Gasteiger partial charge in [0.2, 0.25) is 5.82 Å². The van der Waals surface area contributed by atoms with Gasteiger partial charge in [-0.3, -0.25) is 4.79 Å². The molecule has 2 fully saturated rings. The monoisotopic (exact) mass is 417 g/mol. The summed E-state index contributed by atoms with van der Waals surface area (Å²) in [4.78, 5) is 23.0. The van der Waals surface area contributed by atoms with Crippen molar-refractivity contribution in [3.63, 3.8) is 0 Å². The highest BCUT2D eigenvalue weighted by Crippen LogP contribution is 2.50. The molecule has 3 unspecified atom stereocenters. The van der Waals surface area contributed by atoms with Crippen LogP contribution in [0.25, 0.3) is 5.78 Å². The number of fused-ring (bicyclic) bond motifs is 2. The van der Waals surface area contributed by atoms with Gasteiger partial charge < -0.3 is 4.90 Å². The zero-order chi connectivity index (χ0) is 21.0. The van der Waals surface area contributed by atoms with E-state index in [1.54, 1.807) is 33.8 Å². The van der Waals surface area contributed by atoms with Crippen molar-refractivity contribution in [3.8, 4) is 0 Å². The normalized spacial score (nSPS) is 30.9. The van der Waals surface area contributed by atoms with Gasteiger partial charge in [-0.05, 0) is 49.5 Å². The average Bonchev–Trinajstić information content (AvgIpc) is 3.40. The number of alkyl halides is 3. The van der Waals surface area contributed by atoms with Gasteiger partial charge in [0.05, 0.1) is 5.92 Å². The number of aromatic nitrogens is 4. The maximum absolute atomic E-state index is 13.4. The molecule has 1 amide bonds. The van der Waals surface area contributed by atoms with E-state index in [2.05, 4.69) is 15.1 Å². The lowest BCUT2D eigenvalue weighted by molar-refractivity contribution is -0.174. The van der Waals surface area contributed by atoms with E-state index in [0.717, 1.165) is 5.69 Å². The highest BCUT2D eigenvalue weighted by Gasteiger charge is 2.50. The maximum Gasteiger partial charge on any atom is 0.395 e. The van der Waals surface area contributed by atoms with Crippen LogP contribution in [0.4, 0.5) is 13.2 Å². The van der Waals surface area contributed by atoms with Crippen molar-refractivity contribution in [1.29, 1.82) is 0 Å². The molecule has 2 aromatic rings. The Kier molecular flexibility index (Phi) is 4.44. The molecule has 0 N–H and O–H groups in total. The van der Waals surface area contributed by atoms with Gasteiger partial charge in [0.1, 0.15) is 0 Å². The van der Waals surface area contributed by atoms with E-state index < -0.39 is 18.0 Å². The predicted octanol–water partition coefficient (Wildman–Crippen LogP) is 3.45. The van der Waals surface area contributed by atoms with Crippen LogP contribution in [-0.2, 0) is 0 Å². The van der Waals surface area contributed by atoms with Crippen molar-refractivity contribution in [2.45, 2.75) is 25.9 Å². The summed E-state index contributed by atoms with van der Waals surface area (Å²) in [6, 6.07) is 1.79. The molecular formula is C21H22F3N5O. The number of aryl methyl sites for hydroxylation is 1. The highest BCUT2D eigenvalue weighted by molar-refractivity contribution is 5.91. The Labute approximate surface area is 171 Å². The molecule has 1 aliphatic heterocycles. The first-order valence-electron chi connectivity index (χ1n) is 10.2. The number of amides is 1. The number of nitrogens with zero attached hydrogens (tertiary/aromatic N) is 5. The Morgan fingerprint density at radius 1 is 1.10 bits per heavy atom. The summed E-state index contributed by atoms with van der Waals surface area (Å²) in [6.45, 7) is 2.96. The molecule has 5 rings (SSSR count). The van der Waals surface area contributed by atoms with Gasteiger partial charge in [0, 0.05) is 25.0 Å². The minimum atomic E-state index is -4.23. The van der Waals surface area contributed by atoms with Gasteiger partial charge in [-0.15, -0.1) is 5.10 Å². The predicted molar refractivity (Wildman–Crippen MR) is 102 cm³/mol. The van der Waals surface area contributed by atoms with Gasteiger partial charge in [-0.2, -0.15) is 18.2 Å². The molecule has 0 bridgehead atoms. The topological polar surface area (TPSA) is 63.4 Å². The summed E-state index contributed by atoms with van der Waals surface area (Å²) in [5.74, 6) is -1.22. The molecule has 3 heterocycles. The van der Waals surface area contributed by atoms with E-state index in [-0.39, 0.29) is 29.5 Å². The number of carbonyl (C=O) groups is 1. The third-order valence-electron chi connectivity index (χ3n) is 6.80. The van der Waals surface area contributed by atoms with E-state index in [9.17, 15) is 18.0 Å². The number of rotatable bonds is 2. The average molecular weight is 417 g/mol. The summed E-state index contributed by atoms with van der Waals surface area (Å²) in [7, 11) is 0. The van der Waals surface area contributed by atoms with Crippen LogP contribution in [0, 0.1) is 36.5 Å². The first-order chi connectivity index (χ1) is 14.3. The largest absolute Gasteiger partial charge is 0.395 e. The number of hydrogen-bond acceptors (Lipinski definition) is 4. The van der Waals surface area contributed by atoms with E-state index >= 15 is 0 Å². The lowest BCUT2D eigenvalue weighted by atomic mass is 9.77. The lowest BCUT2D eigenvalue weighted by Crippen LogP contribution is -2.34. The fraction of sp³-hybridized carbons (Fsp3) is 0.524. The SMILES string of the molecule is Cc1ccnc2nc(C(=O)N3C[C@H]4CC(C5C=CC=CC5C(F)(F)F)C[C@H]4C3)nn12. The fourth-order valence-electron chi connectivity index (χ4n) is 5.37. The van der Waals surface area contributed by atoms with E-state index in [1.807, 2.05) is 6.92 Å². The van der Waals surface area contributed by atoms with Crippen LogP contribution in [0.1, 0.15) is 29.2 Å². The quantitative estimate of drug-likeness (QED) is 0.751. The molecule has 1 saturated heterocycles. The molecule has 1 saturated carbocycles. The van der Waals surface area contributed by atoms with Crippen LogP contribution in [0.2, 0.25) is 0 Å². The van der Waals surface area contributed by atoms with Crippen molar-refractivity contribution in [3.05, 3.63) is 48.1 Å². The van der Waals surface area contributed by atoms with Crippen molar-refractivity contribution >= 4 is 11.7 Å². The Hall–Kier alpha value is -2.71. The minimum Gasteiger partial charge on any atom is -0.335 e. The van der Waals surface area contributed by atoms with Gasteiger partial charge in [0.25, 0.3) is 11.7 Å². The minimum absolute atomic E-state index is 0.00903. The number of halogens is 3. The smallest absolute Gasteiger partial charge is 0.335 e. The molecule has 9 heteroatoms. The zero-order valence-corrected chi connectivity index (χ0v) is 16.5. The van der Waals surface area contributed by atoms with Crippen LogP contribution in [0.3, 0.4) is 0 Å². The van der Waals surface area contributed by atoms with E-state index in [1.165, 1.54) is 12.2 Å². The standard InChI is InChI=1S/C21H22F3N5O/c1-12-6-7-25-20-26-18(27-29(12)20)19(30)28-10-14-8-13(9-15(14)11-28)16-4-2-3-5-17(16)21(22,23)24/h2-7,13-17H,8-11H2,1H3/t13?,14-,15+,16?,17?. The molecule has 5 atom stereocenters. The number of likely N-dealkylation sites (tertiary alicyclic amines) is 1. The third-order valence-corrected chi connectivity index (χ3v) is 6.80. The molecular weight excluding hydrogens is 395 g/mol. The Morgan fingerprint density at radius 3 is 2.47 bits per heavy atom. The van der Waals surface area contributed by atoms with Gasteiger partial charge in [-0.1, -0.05) is 24.3 Å². The van der Waals surface area contributed by atoms with Crippen LogP contribution in [0.5, 0.6) is 0 Å². The number of hydrogen-bond donors (Lipinski definition) is 0. The summed E-state index contributed by atoms with van der Waals surface area (Å²) in [5.41, 5.74) is 0.835. The van der Waals surface area contributed by atoms with Gasteiger partial charge >= 0.3 is 6.18 Å². The van der Waals surface area contributed by atoms with Crippen molar-refractivity contribution in [2.75, 3.05) is 13.1 Å². The molecule has 0 spiro atoms. The summed E-state index contributed by atoms with van der Waals surface area (Å²) >= 11 is 0. The van der Waals surface area contributed by atoms with E-state index in [4.69, 9.17) is 0 Å². The molecule has 158 valence electrons. The molecule has 2 aliphatic carbocycles. The summed E-state index contributed by atoms with van der Waals surface area (Å²) in [5, 5.41) is 4.29. The van der Waals surface area contributed by atoms with Crippen molar-refractivity contribution in [1.82, 2.24) is 24.5 Å². The highest BCUT2D eigenvalue weighted by atomic mass is 19.4. The second-order valence-electron chi connectivity index (χ2n) is 8.61. The Bertz CT molecular complexity index is 1030. The lowest BCUT2D eigenvalue weighted by Gasteiger charge is -2.31.